The smallest absolute Gasteiger partial charge is 0.329 e. The summed E-state index contributed by atoms with van der Waals surface area (Å²) in [4.78, 5) is 31.8. The van der Waals surface area contributed by atoms with Gasteiger partial charge in [0.1, 0.15) is 11.5 Å². The van der Waals surface area contributed by atoms with Crippen molar-refractivity contribution in [3.8, 4) is 0 Å². The molecule has 0 aliphatic carbocycles. The highest BCUT2D eigenvalue weighted by atomic mass is 16.2. The van der Waals surface area contributed by atoms with E-state index in [2.05, 4.69) is 32.7 Å². The van der Waals surface area contributed by atoms with Crippen LogP contribution in [0.25, 0.3) is 5.65 Å². The van der Waals surface area contributed by atoms with E-state index in [4.69, 9.17) is 0 Å². The quantitative estimate of drug-likeness (QED) is 0.831. The Hall–Kier alpha value is -2.61. The van der Waals surface area contributed by atoms with Crippen LogP contribution in [0.1, 0.15) is 12.8 Å². The summed E-state index contributed by atoms with van der Waals surface area (Å²) in [6.45, 7) is 2.45. The third kappa shape index (κ3) is 1.99. The average molecular weight is 326 g/mol. The van der Waals surface area contributed by atoms with Gasteiger partial charge in [0.25, 0.3) is 0 Å². The van der Waals surface area contributed by atoms with Crippen LogP contribution in [0.2, 0.25) is 0 Å². The maximum atomic E-state index is 12.0. The molecule has 0 aromatic carbocycles. The number of hydrogen-bond acceptors (Lipinski definition) is 5. The molecule has 3 aliphatic rings. The Kier molecular flexibility index (Phi) is 2.84. The minimum atomic E-state index is -0.389. The number of urea groups is 1. The Balaban J connectivity index is 1.47. The molecule has 3 fully saturated rings. The van der Waals surface area contributed by atoms with Gasteiger partial charge in [-0.05, 0) is 12.5 Å². The first-order chi connectivity index (χ1) is 11.7. The monoisotopic (exact) mass is 326 g/mol. The standard InChI is InChI=1S/C16H18N6O2/c23-14-2-4-21(16(24)19-14)15-8-18-13-6-11(1-3-20(13)15)22-9-10-5-12(22)7-17-10/h1,3,6,8,10,12,17H,2,4-5,7,9H2,(H,19,23,24)/t10-,12-/m1/s1. The first-order valence-electron chi connectivity index (χ1n) is 8.27. The number of pyridine rings is 1. The summed E-state index contributed by atoms with van der Waals surface area (Å²) in [6, 6.07) is 4.91. The average Bonchev–Trinajstić information content (AvgIpc) is 3.29. The largest absolute Gasteiger partial charge is 0.365 e. The summed E-state index contributed by atoms with van der Waals surface area (Å²) < 4.78 is 1.89. The summed E-state index contributed by atoms with van der Waals surface area (Å²) in [5.74, 6) is 0.455. The number of fused-ring (bicyclic) bond motifs is 3. The van der Waals surface area contributed by atoms with Crippen LogP contribution in [0.3, 0.4) is 0 Å². The van der Waals surface area contributed by atoms with Gasteiger partial charge in [0, 0.05) is 56.1 Å². The van der Waals surface area contributed by atoms with Crippen LogP contribution in [0, 0.1) is 0 Å². The molecule has 0 saturated carbocycles. The molecule has 24 heavy (non-hydrogen) atoms. The molecule has 0 radical (unpaired) electrons. The van der Waals surface area contributed by atoms with E-state index < -0.39 is 0 Å². The molecule has 124 valence electrons. The van der Waals surface area contributed by atoms with Crippen LogP contribution >= 0.6 is 0 Å². The lowest BCUT2D eigenvalue weighted by atomic mass is 10.2. The lowest BCUT2D eigenvalue weighted by Crippen LogP contribution is -2.50. The second kappa shape index (κ2) is 4.94. The van der Waals surface area contributed by atoms with Gasteiger partial charge in [-0.3, -0.25) is 19.4 Å². The van der Waals surface area contributed by atoms with E-state index in [0.29, 0.717) is 30.9 Å². The Labute approximate surface area is 138 Å². The fraction of sp³-hybridized carbons (Fsp3) is 0.438. The SMILES string of the molecule is O=C1CCN(c2cnc3cc(N4C[C@H]5C[C@@H]4CN5)ccn23)C(=O)N1. The molecule has 2 aromatic rings. The summed E-state index contributed by atoms with van der Waals surface area (Å²) in [6.07, 6.45) is 5.15. The van der Waals surface area contributed by atoms with Gasteiger partial charge in [-0.15, -0.1) is 0 Å². The maximum absolute atomic E-state index is 12.0. The van der Waals surface area contributed by atoms with Crippen molar-refractivity contribution in [2.24, 2.45) is 0 Å². The van der Waals surface area contributed by atoms with Crippen molar-refractivity contribution in [3.63, 3.8) is 0 Å². The number of imide groups is 1. The molecule has 2 bridgehead atoms. The number of nitrogens with zero attached hydrogens (tertiary/aromatic N) is 4. The number of nitrogens with one attached hydrogen (secondary N) is 2. The number of rotatable bonds is 2. The molecule has 3 saturated heterocycles. The number of anilines is 2. The van der Waals surface area contributed by atoms with Gasteiger partial charge in [-0.1, -0.05) is 0 Å². The molecule has 2 N–H and O–H groups in total. The lowest BCUT2D eigenvalue weighted by Gasteiger charge is -2.29. The highest BCUT2D eigenvalue weighted by molar-refractivity contribution is 6.05. The van der Waals surface area contributed by atoms with Crippen molar-refractivity contribution in [2.45, 2.75) is 24.9 Å². The molecule has 8 nitrogen and oxygen atoms in total. The first kappa shape index (κ1) is 13.8. The lowest BCUT2D eigenvalue weighted by molar-refractivity contribution is -0.120. The van der Waals surface area contributed by atoms with Crippen molar-refractivity contribution < 1.29 is 9.59 Å². The van der Waals surface area contributed by atoms with Gasteiger partial charge < -0.3 is 10.2 Å². The van der Waals surface area contributed by atoms with E-state index in [1.54, 1.807) is 11.1 Å². The number of imidazole rings is 1. The van der Waals surface area contributed by atoms with Crippen molar-refractivity contribution in [2.75, 3.05) is 29.4 Å². The molecule has 3 amide bonds. The van der Waals surface area contributed by atoms with Gasteiger partial charge in [0.15, 0.2) is 0 Å². The van der Waals surface area contributed by atoms with E-state index >= 15 is 0 Å². The minimum absolute atomic E-state index is 0.231. The van der Waals surface area contributed by atoms with Crippen molar-refractivity contribution in [1.29, 1.82) is 0 Å². The van der Waals surface area contributed by atoms with Crippen molar-refractivity contribution in [1.82, 2.24) is 20.0 Å². The predicted octanol–water partition coefficient (Wildman–Crippen LogP) is 0.331. The molecule has 8 heteroatoms. The van der Waals surface area contributed by atoms with Crippen LogP contribution in [-0.4, -0.2) is 53.0 Å². The molecule has 3 aliphatic heterocycles. The van der Waals surface area contributed by atoms with E-state index in [-0.39, 0.29) is 11.9 Å². The maximum Gasteiger partial charge on any atom is 0.329 e. The number of hydrogen-bond donors (Lipinski definition) is 2. The fourth-order valence-corrected chi connectivity index (χ4v) is 3.99. The molecule has 5 rings (SSSR count). The highest BCUT2D eigenvalue weighted by Crippen LogP contribution is 2.30. The van der Waals surface area contributed by atoms with Crippen molar-refractivity contribution >= 4 is 29.1 Å². The van der Waals surface area contributed by atoms with Crippen LogP contribution in [0.4, 0.5) is 16.3 Å². The van der Waals surface area contributed by atoms with Gasteiger partial charge in [-0.25, -0.2) is 9.78 Å². The zero-order valence-corrected chi connectivity index (χ0v) is 13.1. The van der Waals surface area contributed by atoms with Gasteiger partial charge >= 0.3 is 6.03 Å². The Morgan fingerprint density at radius 3 is 2.96 bits per heavy atom. The fourth-order valence-electron chi connectivity index (χ4n) is 3.99. The third-order valence-corrected chi connectivity index (χ3v) is 5.20. The molecule has 0 spiro atoms. The normalized spacial score (nSPS) is 26.5. The number of amides is 3. The topological polar surface area (TPSA) is 82.0 Å². The highest BCUT2D eigenvalue weighted by Gasteiger charge is 2.37. The van der Waals surface area contributed by atoms with Crippen LogP contribution in [0.15, 0.2) is 24.5 Å². The summed E-state index contributed by atoms with van der Waals surface area (Å²) in [5.41, 5.74) is 1.98. The number of aromatic nitrogens is 2. The first-order valence-corrected chi connectivity index (χ1v) is 8.27. The van der Waals surface area contributed by atoms with Crippen molar-refractivity contribution in [3.05, 3.63) is 24.5 Å². The second-order valence-corrected chi connectivity index (χ2v) is 6.63. The summed E-state index contributed by atoms with van der Waals surface area (Å²) >= 11 is 0. The molecule has 2 atom stereocenters. The van der Waals surface area contributed by atoms with Gasteiger partial charge in [0.2, 0.25) is 5.91 Å². The number of carbonyl (C=O) groups excluding carboxylic acids is 2. The molecule has 0 unspecified atom stereocenters. The van der Waals surface area contributed by atoms with Gasteiger partial charge in [0.05, 0.1) is 6.20 Å². The van der Waals surface area contributed by atoms with E-state index in [1.807, 2.05) is 10.6 Å². The van der Waals surface area contributed by atoms with Crippen LogP contribution in [0.5, 0.6) is 0 Å². The number of carbonyl (C=O) groups is 2. The van der Waals surface area contributed by atoms with E-state index in [1.165, 1.54) is 12.1 Å². The zero-order chi connectivity index (χ0) is 16.3. The second-order valence-electron chi connectivity index (χ2n) is 6.63. The molecular formula is C16H18N6O2. The molecule has 2 aromatic heterocycles. The predicted molar refractivity (Wildman–Crippen MR) is 88.2 cm³/mol. The minimum Gasteiger partial charge on any atom is -0.365 e. The van der Waals surface area contributed by atoms with Crippen LogP contribution < -0.4 is 20.4 Å². The van der Waals surface area contributed by atoms with E-state index in [9.17, 15) is 9.59 Å². The summed E-state index contributed by atoms with van der Waals surface area (Å²) in [5, 5.41) is 5.86. The Bertz CT molecular complexity index is 846. The van der Waals surface area contributed by atoms with E-state index in [0.717, 1.165) is 18.7 Å². The third-order valence-electron chi connectivity index (χ3n) is 5.20. The molecule has 5 heterocycles. The zero-order valence-electron chi connectivity index (χ0n) is 13.1. The van der Waals surface area contributed by atoms with Crippen LogP contribution in [-0.2, 0) is 4.79 Å². The Morgan fingerprint density at radius 2 is 2.21 bits per heavy atom. The summed E-state index contributed by atoms with van der Waals surface area (Å²) in [7, 11) is 0. The Morgan fingerprint density at radius 1 is 1.29 bits per heavy atom. The number of piperazine rings is 1. The molecular weight excluding hydrogens is 308 g/mol. The van der Waals surface area contributed by atoms with Gasteiger partial charge in [-0.2, -0.15) is 0 Å².